The van der Waals surface area contributed by atoms with Crippen molar-refractivity contribution < 1.29 is 9.47 Å². The summed E-state index contributed by atoms with van der Waals surface area (Å²) in [6.07, 6.45) is 1.15. The number of hydrogen-bond acceptors (Lipinski definition) is 4. The molecule has 7 heteroatoms. The van der Waals surface area contributed by atoms with Gasteiger partial charge in [-0.3, -0.25) is 9.89 Å². The summed E-state index contributed by atoms with van der Waals surface area (Å²) in [6.45, 7) is 12.5. The Morgan fingerprint density at radius 3 is 2.69 bits per heavy atom. The van der Waals surface area contributed by atoms with Crippen LogP contribution in [0, 0.1) is 5.92 Å². The molecule has 1 heterocycles. The molecule has 0 radical (unpaired) electrons. The van der Waals surface area contributed by atoms with E-state index in [0.717, 1.165) is 58.3 Å². The van der Waals surface area contributed by atoms with Crippen LogP contribution in [0.5, 0.6) is 0 Å². The lowest BCUT2D eigenvalue weighted by atomic mass is 10.1. The number of nitrogens with one attached hydrogen (secondary N) is 1. The van der Waals surface area contributed by atoms with Crippen molar-refractivity contribution in [2.75, 3.05) is 60.2 Å². The predicted molar refractivity (Wildman–Crippen MR) is 131 cm³/mol. The molecule has 1 aliphatic heterocycles. The van der Waals surface area contributed by atoms with Crippen LogP contribution in [0.3, 0.4) is 0 Å². The summed E-state index contributed by atoms with van der Waals surface area (Å²) in [7, 11) is 3.57. The highest BCUT2D eigenvalue weighted by atomic mass is 127. The van der Waals surface area contributed by atoms with E-state index >= 15 is 0 Å². The Kier molecular flexibility index (Phi) is 13.5. The first-order chi connectivity index (χ1) is 13.7. The summed E-state index contributed by atoms with van der Waals surface area (Å²) in [5, 5.41) is 3.53. The van der Waals surface area contributed by atoms with Gasteiger partial charge in [-0.1, -0.05) is 38.1 Å². The minimum Gasteiger partial charge on any atom is -0.382 e. The molecule has 1 atom stereocenters. The molecule has 1 aromatic carbocycles. The fourth-order valence-corrected chi connectivity index (χ4v) is 3.61. The number of hydrogen-bond donors (Lipinski definition) is 1. The summed E-state index contributed by atoms with van der Waals surface area (Å²) in [5.74, 6) is 1.54. The maximum atomic E-state index is 5.70. The molecule has 0 bridgehead atoms. The maximum Gasteiger partial charge on any atom is 0.193 e. The molecule has 0 saturated carbocycles. The van der Waals surface area contributed by atoms with E-state index < -0.39 is 0 Å². The number of nitrogens with zero attached hydrogens (tertiary/aromatic N) is 3. The summed E-state index contributed by atoms with van der Waals surface area (Å²) in [6, 6.07) is 8.85. The number of likely N-dealkylation sites (tertiary alicyclic amines) is 1. The van der Waals surface area contributed by atoms with Crippen LogP contribution < -0.4 is 5.32 Å². The maximum absolute atomic E-state index is 5.70. The number of guanidine groups is 1. The standard InChI is InChI=1S/C22H38N4O2.HI/c1-5-25(6-2)16-20-9-7-8-19(14-20)15-24-22(23-3)26-11-10-21(17-26)18-28-13-12-27-4;/h7-9,14,21H,5-6,10-13,15-18H2,1-4H3,(H,23,24);1H. The minimum absolute atomic E-state index is 0. The summed E-state index contributed by atoms with van der Waals surface area (Å²) >= 11 is 0. The molecule has 6 nitrogen and oxygen atoms in total. The van der Waals surface area contributed by atoms with Gasteiger partial charge in [0.15, 0.2) is 5.96 Å². The van der Waals surface area contributed by atoms with Crippen LogP contribution in [0.1, 0.15) is 31.4 Å². The van der Waals surface area contributed by atoms with Gasteiger partial charge in [0.05, 0.1) is 19.8 Å². The van der Waals surface area contributed by atoms with Gasteiger partial charge < -0.3 is 19.7 Å². The van der Waals surface area contributed by atoms with Gasteiger partial charge in [0.2, 0.25) is 0 Å². The third-order valence-electron chi connectivity index (χ3n) is 5.33. The van der Waals surface area contributed by atoms with Crippen LogP contribution >= 0.6 is 24.0 Å². The fourth-order valence-electron chi connectivity index (χ4n) is 3.61. The van der Waals surface area contributed by atoms with Crippen molar-refractivity contribution in [2.24, 2.45) is 10.9 Å². The van der Waals surface area contributed by atoms with Gasteiger partial charge in [-0.2, -0.15) is 0 Å². The number of rotatable bonds is 11. The first kappa shape index (κ1) is 26.1. The SMILES string of the molecule is CCN(CC)Cc1cccc(CNC(=NC)N2CCC(COCCOC)C2)c1.I. The Bertz CT molecular complexity index is 596. The molecule has 2 rings (SSSR count). The lowest BCUT2D eigenvalue weighted by Gasteiger charge is -2.22. The highest BCUT2D eigenvalue weighted by molar-refractivity contribution is 14.0. The summed E-state index contributed by atoms with van der Waals surface area (Å²) in [4.78, 5) is 9.26. The lowest BCUT2D eigenvalue weighted by molar-refractivity contribution is 0.0536. The Hall–Kier alpha value is -0.900. The molecule has 1 saturated heterocycles. The second kappa shape index (κ2) is 15.0. The van der Waals surface area contributed by atoms with E-state index in [4.69, 9.17) is 9.47 Å². The second-order valence-corrected chi connectivity index (χ2v) is 7.35. The van der Waals surface area contributed by atoms with Crippen molar-refractivity contribution in [1.82, 2.24) is 15.1 Å². The number of aliphatic imine (C=N–C) groups is 1. The van der Waals surface area contributed by atoms with Crippen LogP contribution in [0.4, 0.5) is 0 Å². The van der Waals surface area contributed by atoms with E-state index in [0.29, 0.717) is 19.1 Å². The van der Waals surface area contributed by atoms with Crippen molar-refractivity contribution in [3.8, 4) is 0 Å². The zero-order valence-corrected chi connectivity index (χ0v) is 20.9. The van der Waals surface area contributed by atoms with E-state index in [2.05, 4.69) is 58.2 Å². The summed E-state index contributed by atoms with van der Waals surface area (Å²) < 4.78 is 10.7. The van der Waals surface area contributed by atoms with Gasteiger partial charge >= 0.3 is 0 Å². The Labute approximate surface area is 194 Å². The van der Waals surface area contributed by atoms with E-state index in [9.17, 15) is 0 Å². The van der Waals surface area contributed by atoms with E-state index in [1.54, 1.807) is 7.11 Å². The molecular weight excluding hydrogens is 479 g/mol. The zero-order valence-electron chi connectivity index (χ0n) is 18.5. The first-order valence-corrected chi connectivity index (χ1v) is 10.5. The normalized spacial score (nSPS) is 16.9. The number of benzene rings is 1. The molecule has 29 heavy (non-hydrogen) atoms. The highest BCUT2D eigenvalue weighted by Gasteiger charge is 2.24. The van der Waals surface area contributed by atoms with Gasteiger partial charge in [-0.05, 0) is 30.6 Å². The van der Waals surface area contributed by atoms with Crippen molar-refractivity contribution >= 4 is 29.9 Å². The lowest BCUT2D eigenvalue weighted by Crippen LogP contribution is -2.39. The molecule has 1 N–H and O–H groups in total. The molecular formula is C22H39IN4O2. The smallest absolute Gasteiger partial charge is 0.193 e. The second-order valence-electron chi connectivity index (χ2n) is 7.35. The van der Waals surface area contributed by atoms with Crippen LogP contribution in [-0.4, -0.2) is 75.9 Å². The Balaban J connectivity index is 0.00000420. The van der Waals surface area contributed by atoms with Crippen molar-refractivity contribution in [2.45, 2.75) is 33.4 Å². The number of methoxy groups -OCH3 is 1. The number of ether oxygens (including phenoxy) is 2. The van der Waals surface area contributed by atoms with Crippen LogP contribution in [0.2, 0.25) is 0 Å². The highest BCUT2D eigenvalue weighted by Crippen LogP contribution is 2.17. The van der Waals surface area contributed by atoms with Crippen LogP contribution in [0.15, 0.2) is 29.3 Å². The van der Waals surface area contributed by atoms with Crippen LogP contribution in [-0.2, 0) is 22.6 Å². The van der Waals surface area contributed by atoms with Gasteiger partial charge in [-0.25, -0.2) is 0 Å². The molecule has 0 amide bonds. The molecule has 166 valence electrons. The topological polar surface area (TPSA) is 49.3 Å². The largest absolute Gasteiger partial charge is 0.382 e. The fraction of sp³-hybridized carbons (Fsp3) is 0.682. The molecule has 1 unspecified atom stereocenters. The van der Waals surface area contributed by atoms with Crippen molar-refractivity contribution in [3.05, 3.63) is 35.4 Å². The molecule has 0 aliphatic carbocycles. The average molecular weight is 518 g/mol. The van der Waals surface area contributed by atoms with Crippen molar-refractivity contribution in [3.63, 3.8) is 0 Å². The van der Waals surface area contributed by atoms with Gasteiger partial charge in [0, 0.05) is 46.3 Å². The van der Waals surface area contributed by atoms with Crippen LogP contribution in [0.25, 0.3) is 0 Å². The van der Waals surface area contributed by atoms with Gasteiger partial charge in [-0.15, -0.1) is 24.0 Å². The number of halogens is 1. The van der Waals surface area contributed by atoms with E-state index in [-0.39, 0.29) is 24.0 Å². The molecule has 1 aromatic rings. The van der Waals surface area contributed by atoms with Crippen molar-refractivity contribution in [1.29, 1.82) is 0 Å². The summed E-state index contributed by atoms with van der Waals surface area (Å²) in [5.41, 5.74) is 2.66. The quantitative estimate of drug-likeness (QED) is 0.211. The molecule has 1 fully saturated rings. The third-order valence-corrected chi connectivity index (χ3v) is 5.33. The monoisotopic (exact) mass is 518 g/mol. The molecule has 1 aliphatic rings. The Morgan fingerprint density at radius 1 is 1.24 bits per heavy atom. The van der Waals surface area contributed by atoms with E-state index in [1.807, 2.05) is 7.05 Å². The zero-order chi connectivity index (χ0) is 20.2. The predicted octanol–water partition coefficient (Wildman–Crippen LogP) is 3.21. The molecule has 0 spiro atoms. The van der Waals surface area contributed by atoms with E-state index in [1.165, 1.54) is 11.1 Å². The Morgan fingerprint density at radius 2 is 2.00 bits per heavy atom. The average Bonchev–Trinajstić information content (AvgIpc) is 3.19. The molecule has 0 aromatic heterocycles. The minimum atomic E-state index is 0. The third kappa shape index (κ3) is 9.19. The van der Waals surface area contributed by atoms with Gasteiger partial charge in [0.25, 0.3) is 0 Å². The first-order valence-electron chi connectivity index (χ1n) is 10.5. The van der Waals surface area contributed by atoms with Gasteiger partial charge in [0.1, 0.15) is 0 Å².